The van der Waals surface area contributed by atoms with Crippen LogP contribution in [0, 0.1) is 6.92 Å². The molecule has 0 aliphatic heterocycles. The molecule has 0 radical (unpaired) electrons. The number of alkyl halides is 3. The molecule has 0 spiro atoms. The van der Waals surface area contributed by atoms with Crippen molar-refractivity contribution in [2.75, 3.05) is 18.4 Å². The highest BCUT2D eigenvalue weighted by Crippen LogP contribution is 2.17. The molecule has 1 rings (SSSR count). The molecule has 0 aliphatic carbocycles. The van der Waals surface area contributed by atoms with E-state index < -0.39 is 18.6 Å². The van der Waals surface area contributed by atoms with E-state index in [0.29, 0.717) is 5.69 Å². The van der Waals surface area contributed by atoms with Crippen LogP contribution in [0.4, 0.5) is 18.9 Å². The Bertz CT molecular complexity index is 588. The van der Waals surface area contributed by atoms with Gasteiger partial charge in [-0.2, -0.15) is 13.2 Å². The van der Waals surface area contributed by atoms with Crippen molar-refractivity contribution in [2.24, 2.45) is 0 Å². The van der Waals surface area contributed by atoms with E-state index in [4.69, 9.17) is 0 Å². The normalized spacial score (nSPS) is 12.4. The summed E-state index contributed by atoms with van der Waals surface area (Å²) in [7, 11) is 0. The van der Waals surface area contributed by atoms with Crippen molar-refractivity contribution in [1.29, 1.82) is 0 Å². The van der Waals surface area contributed by atoms with Crippen LogP contribution in [0.1, 0.15) is 36.2 Å². The average molecular weight is 345 g/mol. The fraction of sp³-hybridized carbons (Fsp3) is 0.500. The number of benzene rings is 1. The maximum absolute atomic E-state index is 12.1. The minimum Gasteiger partial charge on any atom is -0.376 e. The first-order valence-electron chi connectivity index (χ1n) is 7.61. The molecule has 24 heavy (non-hydrogen) atoms. The van der Waals surface area contributed by atoms with E-state index in [0.717, 1.165) is 12.0 Å². The molecule has 134 valence electrons. The van der Waals surface area contributed by atoms with Gasteiger partial charge < -0.3 is 16.0 Å². The quantitative estimate of drug-likeness (QED) is 0.711. The van der Waals surface area contributed by atoms with Crippen LogP contribution in [-0.2, 0) is 4.79 Å². The van der Waals surface area contributed by atoms with Crippen molar-refractivity contribution in [3.8, 4) is 0 Å². The number of anilines is 1. The van der Waals surface area contributed by atoms with Gasteiger partial charge >= 0.3 is 6.18 Å². The largest absolute Gasteiger partial charge is 0.405 e. The van der Waals surface area contributed by atoms with Crippen LogP contribution in [0.15, 0.2) is 18.2 Å². The molecule has 8 heteroatoms. The van der Waals surface area contributed by atoms with E-state index in [9.17, 15) is 22.8 Å². The van der Waals surface area contributed by atoms with Crippen LogP contribution < -0.4 is 16.0 Å². The van der Waals surface area contributed by atoms with Gasteiger partial charge in [-0.05, 0) is 38.0 Å². The monoisotopic (exact) mass is 345 g/mol. The molecule has 0 aliphatic rings. The highest BCUT2D eigenvalue weighted by molar-refractivity contribution is 5.95. The Kier molecular flexibility index (Phi) is 7.06. The summed E-state index contributed by atoms with van der Waals surface area (Å²) in [5, 5.41) is 7.50. The van der Waals surface area contributed by atoms with E-state index in [2.05, 4.69) is 10.6 Å². The maximum atomic E-state index is 12.1. The third-order valence-corrected chi connectivity index (χ3v) is 3.41. The van der Waals surface area contributed by atoms with E-state index >= 15 is 0 Å². The summed E-state index contributed by atoms with van der Waals surface area (Å²) >= 11 is 0. The lowest BCUT2D eigenvalue weighted by Gasteiger charge is -2.14. The molecule has 3 N–H and O–H groups in total. The smallest absolute Gasteiger partial charge is 0.376 e. The molecule has 1 aromatic carbocycles. The van der Waals surface area contributed by atoms with Gasteiger partial charge in [-0.3, -0.25) is 9.59 Å². The van der Waals surface area contributed by atoms with Crippen LogP contribution in [0.2, 0.25) is 0 Å². The van der Waals surface area contributed by atoms with Crippen LogP contribution in [0.25, 0.3) is 0 Å². The summed E-state index contributed by atoms with van der Waals surface area (Å²) in [5.41, 5.74) is 1.39. The number of amides is 2. The van der Waals surface area contributed by atoms with Crippen LogP contribution >= 0.6 is 0 Å². The number of carbonyl (C=O) groups excluding carboxylic acids is 2. The molecule has 2 amide bonds. The van der Waals surface area contributed by atoms with Gasteiger partial charge in [0, 0.05) is 17.3 Å². The van der Waals surface area contributed by atoms with Gasteiger partial charge in [-0.25, -0.2) is 0 Å². The van der Waals surface area contributed by atoms with Crippen LogP contribution in [0.3, 0.4) is 0 Å². The molecule has 1 aromatic rings. The summed E-state index contributed by atoms with van der Waals surface area (Å²) in [6, 6.07) is 4.53. The third-order valence-electron chi connectivity index (χ3n) is 3.41. The van der Waals surface area contributed by atoms with Crippen molar-refractivity contribution in [3.63, 3.8) is 0 Å². The zero-order valence-electron chi connectivity index (χ0n) is 13.9. The topological polar surface area (TPSA) is 70.2 Å². The van der Waals surface area contributed by atoms with Crippen molar-refractivity contribution < 1.29 is 22.8 Å². The molecule has 0 unspecified atom stereocenters. The number of aryl methyl sites for hydroxylation is 1. The van der Waals surface area contributed by atoms with E-state index in [1.807, 2.05) is 19.2 Å². The highest BCUT2D eigenvalue weighted by atomic mass is 19.4. The molecular weight excluding hydrogens is 323 g/mol. The predicted molar refractivity (Wildman–Crippen MR) is 86.0 cm³/mol. The highest BCUT2D eigenvalue weighted by Gasteiger charge is 2.27. The second-order valence-electron chi connectivity index (χ2n) is 5.56. The van der Waals surface area contributed by atoms with Crippen LogP contribution in [0.5, 0.6) is 0 Å². The standard InChI is InChI=1S/C16H22F3N3O2/c1-4-11(3)22-14(23)8-20-13-7-12(6-5-10(13)2)15(24)21-9-16(17,18)19/h5-7,11,20H,4,8-9H2,1-3H3,(H,21,24)(H,22,23)/t11-/m0/s1. The zero-order valence-corrected chi connectivity index (χ0v) is 13.9. The second-order valence-corrected chi connectivity index (χ2v) is 5.56. The Hall–Kier alpha value is -2.25. The van der Waals surface area contributed by atoms with E-state index in [-0.39, 0.29) is 24.1 Å². The molecule has 0 bridgehead atoms. The van der Waals surface area contributed by atoms with E-state index in [1.54, 1.807) is 13.0 Å². The van der Waals surface area contributed by atoms with Gasteiger partial charge in [-0.1, -0.05) is 13.0 Å². The zero-order chi connectivity index (χ0) is 18.3. The first-order chi connectivity index (χ1) is 11.1. The summed E-state index contributed by atoms with van der Waals surface area (Å²) < 4.78 is 36.4. The second kappa shape index (κ2) is 8.56. The lowest BCUT2D eigenvalue weighted by atomic mass is 10.1. The average Bonchev–Trinajstić information content (AvgIpc) is 2.50. The summed E-state index contributed by atoms with van der Waals surface area (Å²) in [4.78, 5) is 23.5. The van der Waals surface area contributed by atoms with Crippen molar-refractivity contribution >= 4 is 17.5 Å². The molecule has 1 atom stereocenters. The Balaban J connectivity index is 2.69. The lowest BCUT2D eigenvalue weighted by molar-refractivity contribution is -0.123. The molecule has 0 aromatic heterocycles. The lowest BCUT2D eigenvalue weighted by Crippen LogP contribution is -2.36. The van der Waals surface area contributed by atoms with Crippen molar-refractivity contribution in [3.05, 3.63) is 29.3 Å². The molecule has 0 saturated heterocycles. The fourth-order valence-corrected chi connectivity index (χ4v) is 1.84. The molecule has 5 nitrogen and oxygen atoms in total. The SMILES string of the molecule is CC[C@H](C)NC(=O)CNc1cc(C(=O)NCC(F)(F)F)ccc1C. The molecule has 0 heterocycles. The van der Waals surface area contributed by atoms with Crippen LogP contribution in [-0.4, -0.2) is 37.1 Å². The molecule has 0 saturated carbocycles. The maximum Gasteiger partial charge on any atom is 0.405 e. The minimum absolute atomic E-state index is 0.0127. The number of rotatable bonds is 7. The number of carbonyl (C=O) groups is 2. The fourth-order valence-electron chi connectivity index (χ4n) is 1.84. The van der Waals surface area contributed by atoms with Crippen molar-refractivity contribution in [2.45, 2.75) is 39.4 Å². The summed E-state index contributed by atoms with van der Waals surface area (Å²) in [6.07, 6.45) is -3.66. The third kappa shape index (κ3) is 6.89. The molecular formula is C16H22F3N3O2. The van der Waals surface area contributed by atoms with E-state index in [1.165, 1.54) is 12.1 Å². The molecule has 0 fully saturated rings. The predicted octanol–water partition coefficient (Wildman–Crippen LogP) is 2.61. The van der Waals surface area contributed by atoms with Gasteiger partial charge in [0.05, 0.1) is 6.54 Å². The van der Waals surface area contributed by atoms with Crippen molar-refractivity contribution in [1.82, 2.24) is 10.6 Å². The van der Waals surface area contributed by atoms with Gasteiger partial charge in [-0.15, -0.1) is 0 Å². The number of halogens is 3. The Morgan fingerprint density at radius 3 is 2.50 bits per heavy atom. The minimum atomic E-state index is -4.46. The number of nitrogens with one attached hydrogen (secondary N) is 3. The Morgan fingerprint density at radius 2 is 1.92 bits per heavy atom. The van der Waals surface area contributed by atoms with Gasteiger partial charge in [0.2, 0.25) is 5.91 Å². The van der Waals surface area contributed by atoms with Gasteiger partial charge in [0.15, 0.2) is 0 Å². The number of hydrogen-bond acceptors (Lipinski definition) is 3. The Labute approximate surface area is 139 Å². The summed E-state index contributed by atoms with van der Waals surface area (Å²) in [5.74, 6) is -1.02. The number of hydrogen-bond donors (Lipinski definition) is 3. The Morgan fingerprint density at radius 1 is 1.25 bits per heavy atom. The first kappa shape index (κ1) is 19.8. The van der Waals surface area contributed by atoms with Gasteiger partial charge in [0.25, 0.3) is 5.91 Å². The first-order valence-corrected chi connectivity index (χ1v) is 7.61. The van der Waals surface area contributed by atoms with Gasteiger partial charge in [0.1, 0.15) is 6.54 Å². The summed E-state index contributed by atoms with van der Waals surface area (Å²) in [6.45, 7) is 4.23.